The number of hydrogen-bond donors (Lipinski definition) is 2. The molecule has 0 radical (unpaired) electrons. The quantitative estimate of drug-likeness (QED) is 0.695. The fourth-order valence-electron chi connectivity index (χ4n) is 2.56. The number of nitrogens with two attached hydrogens (primary N) is 1. The molecule has 0 amide bonds. The number of nitrogens with one attached hydrogen (secondary N) is 1. The van der Waals surface area contributed by atoms with Crippen LogP contribution >= 0.6 is 0 Å². The van der Waals surface area contributed by atoms with Crippen LogP contribution in [0.5, 0.6) is 0 Å². The van der Waals surface area contributed by atoms with E-state index in [0.717, 1.165) is 18.5 Å². The SMILES string of the molecule is COC(=O)[C@H]1Cc2c([nH]c3ccccc23)C[NH2+]1. The summed E-state index contributed by atoms with van der Waals surface area (Å²) in [6.45, 7) is 0.809. The second kappa shape index (κ2) is 3.89. The first-order valence-electron chi connectivity index (χ1n) is 5.79. The van der Waals surface area contributed by atoms with Crippen LogP contribution in [0.3, 0.4) is 0 Å². The predicted molar refractivity (Wildman–Crippen MR) is 63.4 cm³/mol. The highest BCUT2D eigenvalue weighted by molar-refractivity contribution is 5.86. The number of ether oxygens (including phenoxy) is 1. The Morgan fingerprint density at radius 2 is 2.29 bits per heavy atom. The van der Waals surface area contributed by atoms with E-state index in [-0.39, 0.29) is 12.0 Å². The molecule has 0 bridgehead atoms. The number of para-hydroxylation sites is 1. The second-order valence-electron chi connectivity index (χ2n) is 4.40. The van der Waals surface area contributed by atoms with Gasteiger partial charge in [-0.25, -0.2) is 4.79 Å². The minimum absolute atomic E-state index is 0.105. The number of methoxy groups -OCH3 is 1. The summed E-state index contributed by atoms with van der Waals surface area (Å²) in [7, 11) is 1.45. The number of aromatic nitrogens is 1. The Morgan fingerprint density at radius 3 is 3.12 bits per heavy atom. The Bertz CT molecular complexity index is 574. The zero-order valence-electron chi connectivity index (χ0n) is 9.69. The lowest BCUT2D eigenvalue weighted by atomic mass is 9.99. The molecule has 0 spiro atoms. The van der Waals surface area contributed by atoms with E-state index < -0.39 is 0 Å². The van der Waals surface area contributed by atoms with Crippen LogP contribution in [-0.4, -0.2) is 24.1 Å². The first-order valence-corrected chi connectivity index (χ1v) is 5.79. The molecule has 1 atom stereocenters. The highest BCUT2D eigenvalue weighted by atomic mass is 16.5. The van der Waals surface area contributed by atoms with Crippen molar-refractivity contribution < 1.29 is 14.8 Å². The summed E-state index contributed by atoms with van der Waals surface area (Å²) in [5, 5.41) is 3.26. The van der Waals surface area contributed by atoms with Gasteiger partial charge < -0.3 is 15.0 Å². The van der Waals surface area contributed by atoms with Crippen LogP contribution in [0.1, 0.15) is 11.3 Å². The highest BCUT2D eigenvalue weighted by Crippen LogP contribution is 2.24. The molecule has 4 heteroatoms. The average Bonchev–Trinajstić information content (AvgIpc) is 2.75. The molecule has 0 fully saturated rings. The summed E-state index contributed by atoms with van der Waals surface area (Å²) in [4.78, 5) is 15.0. The molecule has 17 heavy (non-hydrogen) atoms. The van der Waals surface area contributed by atoms with E-state index >= 15 is 0 Å². The average molecular weight is 231 g/mol. The Balaban J connectivity index is 2.03. The van der Waals surface area contributed by atoms with Gasteiger partial charge in [-0.1, -0.05) is 18.2 Å². The molecule has 1 aliphatic heterocycles. The van der Waals surface area contributed by atoms with Crippen molar-refractivity contribution in [1.29, 1.82) is 0 Å². The highest BCUT2D eigenvalue weighted by Gasteiger charge is 2.30. The maximum atomic E-state index is 11.6. The van der Waals surface area contributed by atoms with Crippen molar-refractivity contribution in [3.8, 4) is 0 Å². The number of hydrogen-bond acceptors (Lipinski definition) is 2. The van der Waals surface area contributed by atoms with Crippen molar-refractivity contribution in [2.45, 2.75) is 19.0 Å². The molecule has 2 aromatic rings. The molecule has 3 N–H and O–H groups in total. The number of H-pyrrole nitrogens is 1. The third-order valence-electron chi connectivity index (χ3n) is 3.44. The molecule has 3 rings (SSSR count). The summed E-state index contributed by atoms with van der Waals surface area (Å²) in [6.07, 6.45) is 0.742. The van der Waals surface area contributed by atoms with Gasteiger partial charge >= 0.3 is 5.97 Å². The number of carbonyl (C=O) groups excluding carboxylic acids is 1. The molecule has 1 aromatic heterocycles. The summed E-state index contributed by atoms with van der Waals surface area (Å²) in [5.41, 5.74) is 3.64. The van der Waals surface area contributed by atoms with Crippen molar-refractivity contribution in [3.05, 3.63) is 35.5 Å². The Labute approximate surface area is 99.0 Å². The van der Waals surface area contributed by atoms with Gasteiger partial charge in [-0.3, -0.25) is 0 Å². The van der Waals surface area contributed by atoms with Crippen LogP contribution in [0.2, 0.25) is 0 Å². The number of carbonyl (C=O) groups is 1. The van der Waals surface area contributed by atoms with Crippen LogP contribution in [0, 0.1) is 0 Å². The van der Waals surface area contributed by atoms with Crippen molar-refractivity contribution in [3.63, 3.8) is 0 Å². The smallest absolute Gasteiger partial charge is 0.364 e. The lowest BCUT2D eigenvalue weighted by Crippen LogP contribution is -2.92. The molecule has 1 aliphatic rings. The molecule has 0 unspecified atom stereocenters. The van der Waals surface area contributed by atoms with Gasteiger partial charge in [0.15, 0.2) is 6.04 Å². The molecule has 0 aliphatic carbocycles. The van der Waals surface area contributed by atoms with E-state index in [1.807, 2.05) is 17.4 Å². The zero-order chi connectivity index (χ0) is 11.8. The Morgan fingerprint density at radius 1 is 1.47 bits per heavy atom. The molecule has 0 saturated heterocycles. The molecule has 88 valence electrons. The van der Waals surface area contributed by atoms with Gasteiger partial charge in [-0.15, -0.1) is 0 Å². The van der Waals surface area contributed by atoms with Crippen LogP contribution in [0.4, 0.5) is 0 Å². The Kier molecular flexibility index (Phi) is 2.37. The number of esters is 1. The predicted octanol–water partition coefficient (Wildman–Crippen LogP) is 0.329. The minimum Gasteiger partial charge on any atom is -0.465 e. The van der Waals surface area contributed by atoms with Crippen LogP contribution in [0.15, 0.2) is 24.3 Å². The van der Waals surface area contributed by atoms with Crippen LogP contribution in [0.25, 0.3) is 10.9 Å². The number of rotatable bonds is 1. The number of aromatic amines is 1. The van der Waals surface area contributed by atoms with Gasteiger partial charge in [0.2, 0.25) is 0 Å². The van der Waals surface area contributed by atoms with Gasteiger partial charge in [0.25, 0.3) is 0 Å². The van der Waals surface area contributed by atoms with E-state index in [9.17, 15) is 4.79 Å². The number of benzene rings is 1. The number of fused-ring (bicyclic) bond motifs is 3. The van der Waals surface area contributed by atoms with Crippen molar-refractivity contribution >= 4 is 16.9 Å². The van der Waals surface area contributed by atoms with E-state index in [4.69, 9.17) is 4.74 Å². The van der Waals surface area contributed by atoms with E-state index in [1.165, 1.54) is 23.8 Å². The van der Waals surface area contributed by atoms with Crippen molar-refractivity contribution in [2.24, 2.45) is 0 Å². The Hall–Kier alpha value is -1.81. The van der Waals surface area contributed by atoms with Crippen LogP contribution in [-0.2, 0) is 22.5 Å². The standard InChI is InChI=1S/C13H14N2O2/c1-17-13(16)11-6-9-8-4-2-3-5-10(8)15-12(9)7-14-11/h2-5,11,14-15H,6-7H2,1H3/p+1/t11-/m1/s1. The van der Waals surface area contributed by atoms with Crippen molar-refractivity contribution in [2.75, 3.05) is 7.11 Å². The first-order chi connectivity index (χ1) is 8.29. The topological polar surface area (TPSA) is 58.7 Å². The van der Waals surface area contributed by atoms with Gasteiger partial charge in [0, 0.05) is 17.3 Å². The lowest BCUT2D eigenvalue weighted by molar-refractivity contribution is -0.697. The third kappa shape index (κ3) is 1.61. The third-order valence-corrected chi connectivity index (χ3v) is 3.44. The fourth-order valence-corrected chi connectivity index (χ4v) is 2.56. The van der Waals surface area contributed by atoms with Gasteiger partial charge in [0.1, 0.15) is 6.54 Å². The summed E-state index contributed by atoms with van der Waals surface area (Å²) < 4.78 is 4.81. The van der Waals surface area contributed by atoms with Gasteiger partial charge in [-0.05, 0) is 11.6 Å². The van der Waals surface area contributed by atoms with E-state index in [1.54, 1.807) is 0 Å². The van der Waals surface area contributed by atoms with E-state index in [2.05, 4.69) is 17.1 Å². The van der Waals surface area contributed by atoms with Gasteiger partial charge in [-0.2, -0.15) is 0 Å². The maximum Gasteiger partial charge on any atom is 0.364 e. The minimum atomic E-state index is -0.138. The van der Waals surface area contributed by atoms with Crippen LogP contribution < -0.4 is 5.32 Å². The molecule has 4 nitrogen and oxygen atoms in total. The fraction of sp³-hybridized carbons (Fsp3) is 0.308. The first kappa shape index (κ1) is 10.4. The second-order valence-corrected chi connectivity index (χ2v) is 4.40. The molecular weight excluding hydrogens is 216 g/mol. The molecule has 2 heterocycles. The molecule has 1 aromatic carbocycles. The summed E-state index contributed by atoms with van der Waals surface area (Å²) >= 11 is 0. The van der Waals surface area contributed by atoms with Gasteiger partial charge in [0.05, 0.1) is 12.8 Å². The normalized spacial score (nSPS) is 19.0. The number of quaternary nitrogens is 1. The van der Waals surface area contributed by atoms with E-state index in [0.29, 0.717) is 0 Å². The molecular formula is C13H15N2O2+. The zero-order valence-corrected chi connectivity index (χ0v) is 9.69. The maximum absolute atomic E-state index is 11.6. The molecule has 0 saturated carbocycles. The van der Waals surface area contributed by atoms with Crippen molar-refractivity contribution in [1.82, 2.24) is 4.98 Å². The summed E-state index contributed by atoms with van der Waals surface area (Å²) in [5.74, 6) is -0.138. The summed E-state index contributed by atoms with van der Waals surface area (Å²) in [6, 6.07) is 8.12. The monoisotopic (exact) mass is 231 g/mol. The lowest BCUT2D eigenvalue weighted by Gasteiger charge is -2.18. The largest absolute Gasteiger partial charge is 0.465 e.